The van der Waals surface area contributed by atoms with Crippen molar-refractivity contribution >= 4 is 34.8 Å². The predicted octanol–water partition coefficient (Wildman–Crippen LogP) is 2.98. The monoisotopic (exact) mass is 355 g/mol. The zero-order valence-electron chi connectivity index (χ0n) is 13.5. The maximum Gasteiger partial charge on any atom is 0.222 e. The Morgan fingerprint density at radius 3 is 2.61 bits per heavy atom. The molecule has 0 aromatic heterocycles. The van der Waals surface area contributed by atoms with Crippen molar-refractivity contribution in [2.75, 3.05) is 51.2 Å². The van der Waals surface area contributed by atoms with Gasteiger partial charge in [0.25, 0.3) is 0 Å². The molecule has 2 aliphatic rings. The Morgan fingerprint density at radius 2 is 1.91 bits per heavy atom. The number of hydrogen-bond acceptors (Lipinski definition) is 3. The van der Waals surface area contributed by atoms with Gasteiger partial charge >= 0.3 is 0 Å². The molecule has 0 radical (unpaired) electrons. The summed E-state index contributed by atoms with van der Waals surface area (Å²) >= 11 is 12.4. The normalized spacial score (nSPS) is 23.4. The van der Waals surface area contributed by atoms with Crippen LogP contribution >= 0.6 is 23.2 Å². The fraction of sp³-hybridized carbons (Fsp3) is 0.588. The van der Waals surface area contributed by atoms with Crippen LogP contribution in [0.25, 0.3) is 0 Å². The van der Waals surface area contributed by atoms with Crippen LogP contribution in [0.4, 0.5) is 5.69 Å². The number of likely N-dealkylation sites (tertiary alicyclic amines) is 1. The van der Waals surface area contributed by atoms with E-state index in [0.717, 1.165) is 61.4 Å². The lowest BCUT2D eigenvalue weighted by Crippen LogP contribution is -2.50. The van der Waals surface area contributed by atoms with Gasteiger partial charge in [0.15, 0.2) is 0 Å². The quantitative estimate of drug-likeness (QED) is 0.833. The number of hydrogen-bond donors (Lipinski definition) is 0. The van der Waals surface area contributed by atoms with Crippen molar-refractivity contribution in [3.05, 3.63) is 28.2 Å². The molecule has 23 heavy (non-hydrogen) atoms. The first-order valence-corrected chi connectivity index (χ1v) is 8.95. The summed E-state index contributed by atoms with van der Waals surface area (Å²) in [4.78, 5) is 18.3. The van der Waals surface area contributed by atoms with Gasteiger partial charge in [-0.05, 0) is 30.5 Å². The van der Waals surface area contributed by atoms with Crippen molar-refractivity contribution < 1.29 is 4.79 Å². The van der Waals surface area contributed by atoms with Gasteiger partial charge in [-0.3, -0.25) is 9.69 Å². The van der Waals surface area contributed by atoms with E-state index in [1.807, 2.05) is 30.1 Å². The molecule has 6 heteroatoms. The summed E-state index contributed by atoms with van der Waals surface area (Å²) < 4.78 is 0. The van der Waals surface area contributed by atoms with E-state index < -0.39 is 0 Å². The van der Waals surface area contributed by atoms with E-state index in [2.05, 4.69) is 9.80 Å². The van der Waals surface area contributed by atoms with Crippen LogP contribution in [-0.2, 0) is 4.79 Å². The highest BCUT2D eigenvalue weighted by Crippen LogP contribution is 2.30. The number of nitrogens with zero attached hydrogens (tertiary/aromatic N) is 3. The van der Waals surface area contributed by atoms with Crippen molar-refractivity contribution in [3.8, 4) is 0 Å². The highest BCUT2D eigenvalue weighted by atomic mass is 35.5. The first-order valence-electron chi connectivity index (χ1n) is 8.19. The van der Waals surface area contributed by atoms with Crippen LogP contribution in [0.15, 0.2) is 18.2 Å². The fourth-order valence-electron chi connectivity index (χ4n) is 3.51. The predicted molar refractivity (Wildman–Crippen MR) is 95.5 cm³/mol. The number of benzene rings is 1. The minimum Gasteiger partial charge on any atom is -0.368 e. The number of rotatable bonds is 3. The summed E-state index contributed by atoms with van der Waals surface area (Å²) in [6.45, 7) is 5.94. The summed E-state index contributed by atoms with van der Waals surface area (Å²) in [6.07, 6.45) is 1.71. The van der Waals surface area contributed by atoms with Crippen LogP contribution in [0, 0.1) is 5.92 Å². The Morgan fingerprint density at radius 1 is 1.17 bits per heavy atom. The van der Waals surface area contributed by atoms with Gasteiger partial charge in [-0.25, -0.2) is 0 Å². The van der Waals surface area contributed by atoms with Crippen LogP contribution in [0.2, 0.25) is 10.0 Å². The fourth-order valence-corrected chi connectivity index (χ4v) is 3.92. The summed E-state index contributed by atoms with van der Waals surface area (Å²) in [5.41, 5.74) is 1.03. The van der Waals surface area contributed by atoms with Crippen LogP contribution in [0.1, 0.15) is 12.8 Å². The van der Waals surface area contributed by atoms with Gasteiger partial charge in [-0.15, -0.1) is 0 Å². The second-order valence-corrected chi connectivity index (χ2v) is 7.41. The van der Waals surface area contributed by atoms with Gasteiger partial charge in [0, 0.05) is 57.8 Å². The van der Waals surface area contributed by atoms with Gasteiger partial charge in [-0.2, -0.15) is 0 Å². The second kappa shape index (κ2) is 7.29. The molecule has 0 N–H and O–H groups in total. The average molecular weight is 356 g/mol. The minimum absolute atomic E-state index is 0.279. The van der Waals surface area contributed by atoms with Gasteiger partial charge in [0.1, 0.15) is 0 Å². The molecule has 1 aromatic carbocycles. The molecule has 1 unspecified atom stereocenters. The van der Waals surface area contributed by atoms with Crippen molar-refractivity contribution in [1.82, 2.24) is 9.80 Å². The highest BCUT2D eigenvalue weighted by Gasteiger charge is 2.26. The van der Waals surface area contributed by atoms with E-state index in [4.69, 9.17) is 23.2 Å². The van der Waals surface area contributed by atoms with Gasteiger partial charge < -0.3 is 9.80 Å². The van der Waals surface area contributed by atoms with Crippen LogP contribution < -0.4 is 4.90 Å². The second-order valence-electron chi connectivity index (χ2n) is 6.56. The van der Waals surface area contributed by atoms with E-state index in [1.54, 1.807) is 0 Å². The van der Waals surface area contributed by atoms with E-state index in [0.29, 0.717) is 12.3 Å². The zero-order chi connectivity index (χ0) is 16.4. The molecule has 2 saturated heterocycles. The van der Waals surface area contributed by atoms with Gasteiger partial charge in [-0.1, -0.05) is 23.2 Å². The van der Waals surface area contributed by atoms with E-state index in [1.165, 1.54) is 0 Å². The molecule has 1 aromatic rings. The topological polar surface area (TPSA) is 26.8 Å². The molecule has 0 aliphatic carbocycles. The maximum absolute atomic E-state index is 11.6. The number of amides is 1. The Labute approximate surface area is 147 Å². The molecule has 3 rings (SSSR count). The van der Waals surface area contributed by atoms with E-state index in [9.17, 15) is 4.79 Å². The Hall–Kier alpha value is -0.970. The molecule has 1 atom stereocenters. The Bertz CT molecular complexity index is 573. The van der Waals surface area contributed by atoms with Gasteiger partial charge in [0.2, 0.25) is 5.91 Å². The lowest BCUT2D eigenvalue weighted by atomic mass is 9.97. The minimum atomic E-state index is 0.279. The lowest BCUT2D eigenvalue weighted by Gasteiger charge is -2.39. The SMILES string of the molecule is CN1CC(CN2CCN(c3cc(Cl)ccc3Cl)CC2)CCC1=O. The zero-order valence-corrected chi connectivity index (χ0v) is 15.0. The van der Waals surface area contributed by atoms with E-state index in [-0.39, 0.29) is 5.91 Å². The van der Waals surface area contributed by atoms with Crippen LogP contribution in [0.3, 0.4) is 0 Å². The third-order valence-electron chi connectivity index (χ3n) is 4.86. The molecule has 126 valence electrons. The van der Waals surface area contributed by atoms with Crippen molar-refractivity contribution in [2.45, 2.75) is 12.8 Å². The van der Waals surface area contributed by atoms with Crippen molar-refractivity contribution in [3.63, 3.8) is 0 Å². The highest BCUT2D eigenvalue weighted by molar-refractivity contribution is 6.35. The molecule has 4 nitrogen and oxygen atoms in total. The smallest absolute Gasteiger partial charge is 0.222 e. The Balaban J connectivity index is 1.52. The molecule has 0 bridgehead atoms. The largest absolute Gasteiger partial charge is 0.368 e. The molecule has 0 saturated carbocycles. The van der Waals surface area contributed by atoms with Crippen molar-refractivity contribution in [1.29, 1.82) is 0 Å². The summed E-state index contributed by atoms with van der Waals surface area (Å²) in [7, 11) is 1.91. The average Bonchev–Trinajstić information content (AvgIpc) is 2.54. The van der Waals surface area contributed by atoms with Gasteiger partial charge in [0.05, 0.1) is 10.7 Å². The number of anilines is 1. The summed E-state index contributed by atoms with van der Waals surface area (Å²) in [5, 5.41) is 1.48. The number of piperidine rings is 1. The molecular weight excluding hydrogens is 333 g/mol. The van der Waals surface area contributed by atoms with Crippen LogP contribution in [-0.4, -0.2) is 62.0 Å². The number of carbonyl (C=O) groups excluding carboxylic acids is 1. The molecule has 2 fully saturated rings. The molecular formula is C17H23Cl2N3O. The third-order valence-corrected chi connectivity index (χ3v) is 5.42. The van der Waals surface area contributed by atoms with Crippen LogP contribution in [0.5, 0.6) is 0 Å². The van der Waals surface area contributed by atoms with Crippen molar-refractivity contribution in [2.24, 2.45) is 5.92 Å². The summed E-state index contributed by atoms with van der Waals surface area (Å²) in [5.74, 6) is 0.876. The Kier molecular flexibility index (Phi) is 5.34. The molecule has 2 heterocycles. The lowest BCUT2D eigenvalue weighted by molar-refractivity contribution is -0.133. The maximum atomic E-state index is 11.6. The molecule has 0 spiro atoms. The standard InChI is InChI=1S/C17H23Cl2N3O/c1-20-11-13(2-5-17(20)23)12-21-6-8-22(9-7-21)16-10-14(18)3-4-15(16)19/h3-4,10,13H,2,5-9,11-12H2,1H3. The number of halogens is 2. The number of carbonyl (C=O) groups is 1. The first kappa shape index (κ1) is 16.9. The molecule has 1 amide bonds. The first-order chi connectivity index (χ1) is 11.0. The number of piperazine rings is 1. The summed E-state index contributed by atoms with van der Waals surface area (Å²) in [6, 6.07) is 5.63. The third kappa shape index (κ3) is 4.11. The van der Waals surface area contributed by atoms with E-state index >= 15 is 0 Å². The molecule has 2 aliphatic heterocycles.